The highest BCUT2D eigenvalue weighted by Gasteiger charge is 2.32. The summed E-state index contributed by atoms with van der Waals surface area (Å²) in [5.41, 5.74) is 3.87. The first kappa shape index (κ1) is 22.6. The number of rotatable bonds is 7. The second-order valence-electron chi connectivity index (χ2n) is 8.55. The molecular formula is C25H30N6O2. The predicted molar refractivity (Wildman–Crippen MR) is 126 cm³/mol. The van der Waals surface area contributed by atoms with E-state index in [0.717, 1.165) is 42.9 Å². The number of carbonyl (C=O) groups is 2. The maximum absolute atomic E-state index is 12.9. The number of para-hydroxylation sites is 1. The monoisotopic (exact) mass is 446 g/mol. The third kappa shape index (κ3) is 5.27. The summed E-state index contributed by atoms with van der Waals surface area (Å²) in [6, 6.07) is 11.2. The van der Waals surface area contributed by atoms with Crippen LogP contribution >= 0.6 is 0 Å². The van der Waals surface area contributed by atoms with Gasteiger partial charge in [-0.3, -0.25) is 14.3 Å². The van der Waals surface area contributed by atoms with Crippen LogP contribution in [0.4, 0.5) is 5.69 Å². The Morgan fingerprint density at radius 3 is 2.64 bits per heavy atom. The van der Waals surface area contributed by atoms with Gasteiger partial charge in [-0.05, 0) is 58.2 Å². The number of aryl methyl sites for hydroxylation is 4. The highest BCUT2D eigenvalue weighted by molar-refractivity contribution is 6.04. The summed E-state index contributed by atoms with van der Waals surface area (Å²) in [5.74, 6) is 0.480. The van der Waals surface area contributed by atoms with Crippen molar-refractivity contribution in [2.75, 3.05) is 11.9 Å². The second kappa shape index (κ2) is 9.94. The lowest BCUT2D eigenvalue weighted by Gasteiger charge is -2.24. The van der Waals surface area contributed by atoms with E-state index in [2.05, 4.69) is 20.4 Å². The Labute approximate surface area is 194 Å². The van der Waals surface area contributed by atoms with Crippen LogP contribution in [-0.4, -0.2) is 43.0 Å². The first-order chi connectivity index (χ1) is 15.9. The molecule has 4 rings (SSSR count). The van der Waals surface area contributed by atoms with E-state index in [1.165, 1.54) is 0 Å². The lowest BCUT2D eigenvalue weighted by Crippen LogP contribution is -2.31. The van der Waals surface area contributed by atoms with Crippen LogP contribution in [0.15, 0.2) is 42.6 Å². The van der Waals surface area contributed by atoms with Crippen LogP contribution in [0.2, 0.25) is 0 Å². The summed E-state index contributed by atoms with van der Waals surface area (Å²) in [4.78, 5) is 36.6. The van der Waals surface area contributed by atoms with E-state index in [1.54, 1.807) is 13.1 Å². The molecule has 1 saturated heterocycles. The average molecular weight is 447 g/mol. The van der Waals surface area contributed by atoms with Gasteiger partial charge in [-0.1, -0.05) is 18.2 Å². The van der Waals surface area contributed by atoms with Gasteiger partial charge in [-0.2, -0.15) is 5.10 Å². The molecule has 1 aromatic carbocycles. The topological polar surface area (TPSA) is 93.0 Å². The van der Waals surface area contributed by atoms with Crippen molar-refractivity contribution < 1.29 is 9.59 Å². The summed E-state index contributed by atoms with van der Waals surface area (Å²) in [6.07, 6.45) is 4.53. The van der Waals surface area contributed by atoms with Crippen molar-refractivity contribution in [3.63, 3.8) is 0 Å². The molecule has 2 amide bonds. The normalized spacial score (nSPS) is 15.6. The number of nitrogens with one attached hydrogen (secondary N) is 1. The SMILES string of the molecule is Cc1cc(C)n(CCCC(=O)N2CCCC2c2ncc(C(=O)Nc3ccccc3)c(C)n2)n1. The zero-order valence-corrected chi connectivity index (χ0v) is 19.4. The third-order valence-corrected chi connectivity index (χ3v) is 6.01. The van der Waals surface area contributed by atoms with Crippen molar-refractivity contribution in [2.24, 2.45) is 0 Å². The summed E-state index contributed by atoms with van der Waals surface area (Å²) in [6.45, 7) is 7.25. The van der Waals surface area contributed by atoms with Crippen molar-refractivity contribution in [1.29, 1.82) is 0 Å². The van der Waals surface area contributed by atoms with Crippen LogP contribution in [0.5, 0.6) is 0 Å². The van der Waals surface area contributed by atoms with E-state index in [4.69, 9.17) is 0 Å². The summed E-state index contributed by atoms with van der Waals surface area (Å²) in [7, 11) is 0. The van der Waals surface area contributed by atoms with E-state index in [0.29, 0.717) is 30.0 Å². The van der Waals surface area contributed by atoms with E-state index < -0.39 is 0 Å². The highest BCUT2D eigenvalue weighted by atomic mass is 16.2. The summed E-state index contributed by atoms with van der Waals surface area (Å²) in [5, 5.41) is 7.33. The molecule has 0 aliphatic carbocycles. The Morgan fingerprint density at radius 1 is 1.15 bits per heavy atom. The quantitative estimate of drug-likeness (QED) is 0.592. The summed E-state index contributed by atoms with van der Waals surface area (Å²) >= 11 is 0. The molecule has 33 heavy (non-hydrogen) atoms. The number of aromatic nitrogens is 4. The van der Waals surface area contributed by atoms with Crippen LogP contribution in [0.25, 0.3) is 0 Å². The van der Waals surface area contributed by atoms with Gasteiger partial charge < -0.3 is 10.2 Å². The number of carbonyl (C=O) groups excluding carboxylic acids is 2. The zero-order chi connectivity index (χ0) is 23.4. The van der Waals surface area contributed by atoms with E-state index in [1.807, 2.05) is 59.8 Å². The fourth-order valence-electron chi connectivity index (χ4n) is 4.35. The Bertz CT molecular complexity index is 1140. The molecule has 1 unspecified atom stereocenters. The number of amides is 2. The molecule has 1 aliphatic heterocycles. The van der Waals surface area contributed by atoms with Gasteiger partial charge in [0.15, 0.2) is 5.82 Å². The van der Waals surface area contributed by atoms with Crippen LogP contribution in [0, 0.1) is 20.8 Å². The van der Waals surface area contributed by atoms with E-state index in [-0.39, 0.29) is 17.9 Å². The molecule has 3 aromatic rings. The largest absolute Gasteiger partial charge is 0.332 e. The lowest BCUT2D eigenvalue weighted by atomic mass is 10.1. The Kier molecular flexibility index (Phi) is 6.82. The molecule has 3 heterocycles. The molecule has 1 N–H and O–H groups in total. The van der Waals surface area contributed by atoms with E-state index in [9.17, 15) is 9.59 Å². The molecule has 0 saturated carbocycles. The smallest absolute Gasteiger partial charge is 0.259 e. The van der Waals surface area contributed by atoms with Gasteiger partial charge in [0.05, 0.1) is 23.0 Å². The summed E-state index contributed by atoms with van der Waals surface area (Å²) < 4.78 is 1.95. The van der Waals surface area contributed by atoms with Gasteiger partial charge in [0.1, 0.15) is 0 Å². The molecule has 8 heteroatoms. The molecule has 1 atom stereocenters. The van der Waals surface area contributed by atoms with Crippen molar-refractivity contribution in [2.45, 2.75) is 59.0 Å². The Balaban J connectivity index is 1.39. The second-order valence-corrected chi connectivity index (χ2v) is 8.55. The first-order valence-electron chi connectivity index (χ1n) is 11.4. The molecular weight excluding hydrogens is 416 g/mol. The molecule has 1 fully saturated rings. The van der Waals surface area contributed by atoms with Crippen molar-refractivity contribution in [3.05, 3.63) is 71.1 Å². The molecule has 8 nitrogen and oxygen atoms in total. The minimum atomic E-state index is -0.242. The van der Waals surface area contributed by atoms with Crippen LogP contribution in [0.3, 0.4) is 0 Å². The number of anilines is 1. The molecule has 0 radical (unpaired) electrons. The zero-order valence-electron chi connectivity index (χ0n) is 19.4. The molecule has 1 aliphatic rings. The number of nitrogens with zero attached hydrogens (tertiary/aromatic N) is 5. The van der Waals surface area contributed by atoms with Gasteiger partial charge in [0.2, 0.25) is 5.91 Å². The molecule has 172 valence electrons. The minimum Gasteiger partial charge on any atom is -0.332 e. The number of hydrogen-bond donors (Lipinski definition) is 1. The van der Waals surface area contributed by atoms with Crippen molar-refractivity contribution >= 4 is 17.5 Å². The highest BCUT2D eigenvalue weighted by Crippen LogP contribution is 2.31. The number of benzene rings is 1. The fraction of sp³-hybridized carbons (Fsp3) is 0.400. The lowest BCUT2D eigenvalue weighted by molar-refractivity contribution is -0.132. The average Bonchev–Trinajstić information content (AvgIpc) is 3.40. The maximum Gasteiger partial charge on any atom is 0.259 e. The molecule has 0 spiro atoms. The molecule has 2 aromatic heterocycles. The van der Waals surface area contributed by atoms with Crippen LogP contribution in [-0.2, 0) is 11.3 Å². The van der Waals surface area contributed by atoms with Crippen LogP contribution < -0.4 is 5.32 Å². The fourth-order valence-corrected chi connectivity index (χ4v) is 4.35. The van der Waals surface area contributed by atoms with Crippen molar-refractivity contribution in [1.82, 2.24) is 24.6 Å². The minimum absolute atomic E-state index is 0.117. The Morgan fingerprint density at radius 2 is 1.94 bits per heavy atom. The molecule has 0 bridgehead atoms. The number of hydrogen-bond acceptors (Lipinski definition) is 5. The first-order valence-corrected chi connectivity index (χ1v) is 11.4. The Hall–Kier alpha value is -3.55. The standard InChI is InChI=1S/C25H30N6O2/c1-17-15-18(2)31(29-17)14-8-12-23(32)30-13-7-11-22(30)24-26-16-21(19(3)27-24)25(33)28-20-9-5-4-6-10-20/h4-6,9-10,15-16,22H,7-8,11-14H2,1-3H3,(H,28,33). The predicted octanol–water partition coefficient (Wildman–Crippen LogP) is 3.99. The van der Waals surface area contributed by atoms with Gasteiger partial charge >= 0.3 is 0 Å². The van der Waals surface area contributed by atoms with Gasteiger partial charge in [0.25, 0.3) is 5.91 Å². The third-order valence-electron chi connectivity index (χ3n) is 6.01. The van der Waals surface area contributed by atoms with Gasteiger partial charge in [0, 0.05) is 37.1 Å². The van der Waals surface area contributed by atoms with Gasteiger partial charge in [-0.25, -0.2) is 9.97 Å². The van der Waals surface area contributed by atoms with E-state index >= 15 is 0 Å². The van der Waals surface area contributed by atoms with Crippen LogP contribution in [0.1, 0.15) is 65.0 Å². The maximum atomic E-state index is 12.9. The van der Waals surface area contributed by atoms with Crippen molar-refractivity contribution in [3.8, 4) is 0 Å². The van der Waals surface area contributed by atoms with Gasteiger partial charge in [-0.15, -0.1) is 0 Å². The number of likely N-dealkylation sites (tertiary alicyclic amines) is 1.